The van der Waals surface area contributed by atoms with E-state index < -0.39 is 11.9 Å². The van der Waals surface area contributed by atoms with Crippen molar-refractivity contribution in [3.63, 3.8) is 0 Å². The largest absolute Gasteiger partial charge is 0.489 e. The number of hydrogen-bond donors (Lipinski definition) is 0. The van der Waals surface area contributed by atoms with Crippen molar-refractivity contribution < 1.29 is 28.6 Å². The third-order valence-corrected chi connectivity index (χ3v) is 5.87. The van der Waals surface area contributed by atoms with Crippen LogP contribution in [0.4, 0.5) is 5.69 Å². The fourth-order valence-electron chi connectivity index (χ4n) is 4.02. The summed E-state index contributed by atoms with van der Waals surface area (Å²) in [4.78, 5) is 39.6. The number of benzene rings is 3. The molecule has 0 saturated heterocycles. The summed E-state index contributed by atoms with van der Waals surface area (Å²) in [5.74, 6) is -0.732. The second-order valence-corrected chi connectivity index (χ2v) is 8.26. The molecule has 0 bridgehead atoms. The summed E-state index contributed by atoms with van der Waals surface area (Å²) in [6.45, 7) is 4.13. The van der Waals surface area contributed by atoms with Crippen molar-refractivity contribution in [2.45, 2.75) is 20.5 Å². The van der Waals surface area contributed by atoms with Gasteiger partial charge >= 0.3 is 11.9 Å². The molecule has 7 heteroatoms. The predicted molar refractivity (Wildman–Crippen MR) is 140 cm³/mol. The van der Waals surface area contributed by atoms with Crippen molar-refractivity contribution in [3.8, 4) is 5.75 Å². The lowest BCUT2D eigenvalue weighted by molar-refractivity contribution is -0.136. The number of methoxy groups -OCH3 is 1. The Morgan fingerprint density at radius 1 is 0.892 bits per heavy atom. The molecule has 0 spiro atoms. The molecular formula is C30H27NO6. The zero-order valence-corrected chi connectivity index (χ0v) is 20.9. The fraction of sp³-hybridized carbons (Fsp3) is 0.167. The van der Waals surface area contributed by atoms with E-state index in [0.717, 1.165) is 11.1 Å². The van der Waals surface area contributed by atoms with Crippen LogP contribution >= 0.6 is 0 Å². The molecule has 1 aliphatic rings. The minimum absolute atomic E-state index is 0.186. The number of anilines is 1. The molecule has 3 aromatic carbocycles. The van der Waals surface area contributed by atoms with Crippen LogP contribution < -0.4 is 9.64 Å². The van der Waals surface area contributed by atoms with Crippen LogP contribution in [0, 0.1) is 0 Å². The SMILES string of the molecule is CCOC(=O)c1ccc(N2C(=O)/C(=C\c3ccc(OCc4ccccc4)cc3)C(C(=O)OC)=C2C)cc1. The first-order valence-corrected chi connectivity index (χ1v) is 11.8. The molecule has 4 rings (SSSR count). The van der Waals surface area contributed by atoms with Gasteiger partial charge in [0, 0.05) is 11.4 Å². The maximum atomic E-state index is 13.5. The molecular weight excluding hydrogens is 470 g/mol. The minimum Gasteiger partial charge on any atom is -0.489 e. The van der Waals surface area contributed by atoms with E-state index in [9.17, 15) is 14.4 Å². The molecule has 0 saturated carbocycles. The third-order valence-electron chi connectivity index (χ3n) is 5.87. The van der Waals surface area contributed by atoms with Crippen molar-refractivity contribution in [1.29, 1.82) is 0 Å². The average Bonchev–Trinajstić information content (AvgIpc) is 3.17. The second kappa shape index (κ2) is 11.4. The van der Waals surface area contributed by atoms with E-state index >= 15 is 0 Å². The van der Waals surface area contributed by atoms with E-state index in [2.05, 4.69) is 0 Å². The first-order valence-electron chi connectivity index (χ1n) is 11.8. The number of carbonyl (C=O) groups is 3. The third kappa shape index (κ3) is 5.62. The van der Waals surface area contributed by atoms with E-state index in [4.69, 9.17) is 14.2 Å². The summed E-state index contributed by atoms with van der Waals surface area (Å²) < 4.78 is 15.8. The van der Waals surface area contributed by atoms with E-state index in [1.807, 2.05) is 54.6 Å². The van der Waals surface area contributed by atoms with Gasteiger partial charge in [0.15, 0.2) is 0 Å². The Morgan fingerprint density at radius 2 is 1.57 bits per heavy atom. The van der Waals surface area contributed by atoms with E-state index in [0.29, 0.717) is 29.3 Å². The Labute approximate surface area is 215 Å². The molecule has 0 N–H and O–H groups in total. The van der Waals surface area contributed by atoms with Crippen molar-refractivity contribution in [2.75, 3.05) is 18.6 Å². The number of carbonyl (C=O) groups excluding carboxylic acids is 3. The number of hydrogen-bond acceptors (Lipinski definition) is 6. The minimum atomic E-state index is -0.606. The number of allylic oxidation sites excluding steroid dienone is 1. The molecule has 1 amide bonds. The summed E-state index contributed by atoms with van der Waals surface area (Å²) >= 11 is 0. The van der Waals surface area contributed by atoms with Gasteiger partial charge in [-0.15, -0.1) is 0 Å². The molecule has 0 fully saturated rings. The molecule has 188 valence electrons. The van der Waals surface area contributed by atoms with Gasteiger partial charge in [0.1, 0.15) is 12.4 Å². The van der Waals surface area contributed by atoms with Crippen LogP contribution in [0.5, 0.6) is 5.75 Å². The Balaban J connectivity index is 1.59. The lowest BCUT2D eigenvalue weighted by Crippen LogP contribution is -2.24. The van der Waals surface area contributed by atoms with E-state index in [-0.39, 0.29) is 23.7 Å². The highest BCUT2D eigenvalue weighted by molar-refractivity contribution is 6.23. The maximum absolute atomic E-state index is 13.5. The zero-order chi connectivity index (χ0) is 26.4. The number of esters is 2. The second-order valence-electron chi connectivity index (χ2n) is 8.26. The molecule has 1 aliphatic heterocycles. The van der Waals surface area contributed by atoms with Crippen molar-refractivity contribution in [3.05, 3.63) is 112 Å². The van der Waals surface area contributed by atoms with Crippen molar-refractivity contribution in [2.24, 2.45) is 0 Å². The van der Waals surface area contributed by atoms with Crippen LogP contribution in [0.25, 0.3) is 6.08 Å². The molecule has 0 aliphatic carbocycles. The molecule has 7 nitrogen and oxygen atoms in total. The van der Waals surface area contributed by atoms with Crippen LogP contribution in [-0.2, 0) is 25.7 Å². The Bertz CT molecular complexity index is 1360. The Hall–Kier alpha value is -4.65. The number of rotatable bonds is 8. The van der Waals surface area contributed by atoms with Gasteiger partial charge in [0.25, 0.3) is 5.91 Å². The first-order chi connectivity index (χ1) is 17.9. The quantitative estimate of drug-likeness (QED) is 0.310. The van der Waals surface area contributed by atoms with Crippen molar-refractivity contribution in [1.82, 2.24) is 0 Å². The number of ether oxygens (including phenoxy) is 3. The van der Waals surface area contributed by atoms with Gasteiger partial charge in [-0.3, -0.25) is 9.69 Å². The smallest absolute Gasteiger partial charge is 0.340 e. The Kier molecular flexibility index (Phi) is 7.83. The Morgan fingerprint density at radius 3 is 2.19 bits per heavy atom. The topological polar surface area (TPSA) is 82.1 Å². The van der Waals surface area contributed by atoms with Gasteiger partial charge in [-0.2, -0.15) is 0 Å². The molecule has 3 aromatic rings. The molecule has 0 radical (unpaired) electrons. The van der Waals surface area contributed by atoms with Crippen LogP contribution in [-0.4, -0.2) is 31.6 Å². The summed E-state index contributed by atoms with van der Waals surface area (Å²) in [6, 6.07) is 23.6. The van der Waals surface area contributed by atoms with Gasteiger partial charge in [-0.05, 0) is 67.4 Å². The standard InChI is InChI=1S/C30H27NO6/c1-4-36-29(33)23-12-14-24(15-13-23)31-20(2)27(30(34)35-3)26(28(31)32)18-21-10-16-25(17-11-21)37-19-22-8-6-5-7-9-22/h5-18H,4,19H2,1-3H3/b26-18-. The predicted octanol–water partition coefficient (Wildman–Crippen LogP) is 5.32. The highest BCUT2D eigenvalue weighted by Gasteiger charge is 2.37. The maximum Gasteiger partial charge on any atom is 0.340 e. The van der Waals surface area contributed by atoms with Crippen LogP contribution in [0.1, 0.15) is 35.3 Å². The summed E-state index contributed by atoms with van der Waals surface area (Å²) in [6.07, 6.45) is 1.66. The average molecular weight is 498 g/mol. The number of nitrogens with zero attached hydrogens (tertiary/aromatic N) is 1. The van der Waals surface area contributed by atoms with Gasteiger partial charge in [-0.1, -0.05) is 42.5 Å². The molecule has 0 unspecified atom stereocenters. The van der Waals surface area contributed by atoms with E-state index in [1.54, 1.807) is 44.2 Å². The van der Waals surface area contributed by atoms with Gasteiger partial charge in [-0.25, -0.2) is 9.59 Å². The monoisotopic (exact) mass is 497 g/mol. The van der Waals surface area contributed by atoms with Crippen LogP contribution in [0.2, 0.25) is 0 Å². The van der Waals surface area contributed by atoms with Crippen molar-refractivity contribution >= 4 is 29.6 Å². The van der Waals surface area contributed by atoms with Crippen LogP contribution in [0.15, 0.2) is 95.7 Å². The van der Waals surface area contributed by atoms with Gasteiger partial charge < -0.3 is 14.2 Å². The summed E-state index contributed by atoms with van der Waals surface area (Å²) in [5, 5.41) is 0. The normalized spacial score (nSPS) is 14.2. The van der Waals surface area contributed by atoms with E-state index in [1.165, 1.54) is 12.0 Å². The number of amides is 1. The fourth-order valence-corrected chi connectivity index (χ4v) is 4.02. The molecule has 0 aromatic heterocycles. The summed E-state index contributed by atoms with van der Waals surface area (Å²) in [5.41, 5.74) is 3.52. The molecule has 1 heterocycles. The van der Waals surface area contributed by atoms with Gasteiger partial charge in [0.2, 0.25) is 0 Å². The highest BCUT2D eigenvalue weighted by Crippen LogP contribution is 2.35. The van der Waals surface area contributed by atoms with Crippen LogP contribution in [0.3, 0.4) is 0 Å². The lowest BCUT2D eigenvalue weighted by atomic mass is 10.0. The zero-order valence-electron chi connectivity index (χ0n) is 20.9. The highest BCUT2D eigenvalue weighted by atomic mass is 16.5. The lowest BCUT2D eigenvalue weighted by Gasteiger charge is -2.18. The van der Waals surface area contributed by atoms with Gasteiger partial charge in [0.05, 0.1) is 30.4 Å². The first kappa shape index (κ1) is 25.4. The summed E-state index contributed by atoms with van der Waals surface area (Å²) in [7, 11) is 1.28. The molecule has 37 heavy (non-hydrogen) atoms. The molecule has 0 atom stereocenters.